The van der Waals surface area contributed by atoms with Crippen LogP contribution in [0.1, 0.15) is 18.1 Å². The first-order valence-corrected chi connectivity index (χ1v) is 8.09. The van der Waals surface area contributed by atoms with Crippen LogP contribution >= 0.6 is 24.0 Å². The maximum Gasteiger partial charge on any atom is 0.269 e. The van der Waals surface area contributed by atoms with E-state index in [0.717, 1.165) is 5.56 Å². The van der Waals surface area contributed by atoms with Crippen LogP contribution in [0.4, 0.5) is 10.1 Å². The number of nitro benzene ring substituents is 1. The molecular formula is C18H22FIN4O2. The quantitative estimate of drug-likeness (QED) is 0.212. The number of halogens is 2. The van der Waals surface area contributed by atoms with E-state index in [1.165, 1.54) is 18.2 Å². The van der Waals surface area contributed by atoms with Crippen LogP contribution in [0.3, 0.4) is 0 Å². The summed E-state index contributed by atoms with van der Waals surface area (Å²) in [6.45, 7) is 3.47. The molecule has 0 aromatic heterocycles. The first-order valence-electron chi connectivity index (χ1n) is 8.09. The zero-order chi connectivity index (χ0) is 18.1. The van der Waals surface area contributed by atoms with Gasteiger partial charge in [0, 0.05) is 25.2 Å². The summed E-state index contributed by atoms with van der Waals surface area (Å²) in [7, 11) is 0. The van der Waals surface area contributed by atoms with Gasteiger partial charge in [-0.3, -0.25) is 10.1 Å². The molecular weight excluding hydrogens is 450 g/mol. The Hall–Kier alpha value is -2.23. The minimum Gasteiger partial charge on any atom is -0.357 e. The molecule has 0 amide bonds. The van der Waals surface area contributed by atoms with Crippen LogP contribution in [0.25, 0.3) is 0 Å². The standard InChI is InChI=1S/C18H21FN4O2.HI/c1-2-20-18(21-11-10-15-7-3-4-9-17(15)19)22-13-14-6-5-8-16(12-14)23(24)25;/h3-9,12H,2,10-11,13H2,1H3,(H2,20,21,22);1H. The van der Waals surface area contributed by atoms with Crippen molar-refractivity contribution < 1.29 is 9.31 Å². The van der Waals surface area contributed by atoms with Gasteiger partial charge >= 0.3 is 0 Å². The molecule has 0 aliphatic rings. The molecule has 26 heavy (non-hydrogen) atoms. The van der Waals surface area contributed by atoms with E-state index in [1.54, 1.807) is 30.3 Å². The molecule has 0 radical (unpaired) electrons. The lowest BCUT2D eigenvalue weighted by Gasteiger charge is -2.11. The zero-order valence-electron chi connectivity index (χ0n) is 14.4. The van der Waals surface area contributed by atoms with E-state index in [0.29, 0.717) is 37.6 Å². The number of nitro groups is 1. The van der Waals surface area contributed by atoms with E-state index < -0.39 is 4.92 Å². The highest BCUT2D eigenvalue weighted by atomic mass is 127. The summed E-state index contributed by atoms with van der Waals surface area (Å²) in [6, 6.07) is 13.1. The third-order valence-corrected chi connectivity index (χ3v) is 3.53. The highest BCUT2D eigenvalue weighted by Crippen LogP contribution is 2.13. The molecule has 8 heteroatoms. The Morgan fingerprint density at radius 3 is 2.65 bits per heavy atom. The third kappa shape index (κ3) is 6.95. The molecule has 0 aliphatic heterocycles. The summed E-state index contributed by atoms with van der Waals surface area (Å²) in [5, 5.41) is 17.1. The second kappa shape index (κ2) is 11.4. The van der Waals surface area contributed by atoms with Gasteiger partial charge in [0.1, 0.15) is 5.82 Å². The van der Waals surface area contributed by atoms with E-state index >= 15 is 0 Å². The summed E-state index contributed by atoms with van der Waals surface area (Å²) in [4.78, 5) is 14.8. The van der Waals surface area contributed by atoms with Crippen molar-refractivity contribution in [3.8, 4) is 0 Å². The number of nitrogens with zero attached hydrogens (tertiary/aromatic N) is 2. The SMILES string of the molecule is CCNC(=NCc1cccc([N+](=O)[O-])c1)NCCc1ccccc1F.I. The van der Waals surface area contributed by atoms with Crippen molar-refractivity contribution in [2.24, 2.45) is 4.99 Å². The van der Waals surface area contributed by atoms with Crippen molar-refractivity contribution in [1.82, 2.24) is 10.6 Å². The van der Waals surface area contributed by atoms with Gasteiger partial charge in [0.2, 0.25) is 0 Å². The summed E-state index contributed by atoms with van der Waals surface area (Å²) in [5.74, 6) is 0.369. The number of non-ortho nitro benzene ring substituents is 1. The van der Waals surface area contributed by atoms with Crippen molar-refractivity contribution >= 4 is 35.6 Å². The molecule has 2 rings (SSSR count). The molecule has 2 N–H and O–H groups in total. The van der Waals surface area contributed by atoms with E-state index in [9.17, 15) is 14.5 Å². The van der Waals surface area contributed by atoms with E-state index in [1.807, 2.05) is 6.92 Å². The van der Waals surface area contributed by atoms with E-state index in [4.69, 9.17) is 0 Å². The highest BCUT2D eigenvalue weighted by molar-refractivity contribution is 14.0. The number of guanidine groups is 1. The number of hydrogen-bond donors (Lipinski definition) is 2. The topological polar surface area (TPSA) is 79.6 Å². The van der Waals surface area contributed by atoms with Crippen molar-refractivity contribution in [1.29, 1.82) is 0 Å². The van der Waals surface area contributed by atoms with E-state index in [2.05, 4.69) is 15.6 Å². The molecule has 0 aliphatic carbocycles. The second-order valence-electron chi connectivity index (χ2n) is 5.39. The average Bonchev–Trinajstić information content (AvgIpc) is 2.61. The van der Waals surface area contributed by atoms with Gasteiger partial charge in [0.15, 0.2) is 5.96 Å². The molecule has 0 fully saturated rings. The summed E-state index contributed by atoms with van der Waals surface area (Å²) in [6.07, 6.45) is 0.536. The first-order chi connectivity index (χ1) is 12.1. The van der Waals surface area contributed by atoms with Gasteiger partial charge < -0.3 is 10.6 Å². The van der Waals surface area contributed by atoms with Crippen LogP contribution in [0.15, 0.2) is 53.5 Å². The molecule has 2 aromatic carbocycles. The van der Waals surface area contributed by atoms with Crippen LogP contribution in [-0.2, 0) is 13.0 Å². The molecule has 6 nitrogen and oxygen atoms in total. The van der Waals surface area contributed by atoms with Gasteiger partial charge in [0.05, 0.1) is 11.5 Å². The Balaban J connectivity index is 0.00000338. The Labute approximate surface area is 169 Å². The minimum atomic E-state index is -0.426. The number of rotatable bonds is 7. The number of hydrogen-bond acceptors (Lipinski definition) is 3. The fourth-order valence-electron chi connectivity index (χ4n) is 2.30. The van der Waals surface area contributed by atoms with Crippen molar-refractivity contribution in [2.75, 3.05) is 13.1 Å². The molecule has 0 heterocycles. The van der Waals surface area contributed by atoms with Gasteiger partial charge in [-0.2, -0.15) is 0 Å². The van der Waals surface area contributed by atoms with Crippen LogP contribution in [0, 0.1) is 15.9 Å². The molecule has 140 valence electrons. The van der Waals surface area contributed by atoms with Crippen molar-refractivity contribution in [2.45, 2.75) is 19.9 Å². The first kappa shape index (κ1) is 21.8. The lowest BCUT2D eigenvalue weighted by molar-refractivity contribution is -0.384. The molecule has 0 saturated heterocycles. The molecule has 0 unspecified atom stereocenters. The Morgan fingerprint density at radius 2 is 1.96 bits per heavy atom. The van der Waals surface area contributed by atoms with Gasteiger partial charge in [-0.1, -0.05) is 30.3 Å². The maximum atomic E-state index is 13.6. The molecule has 2 aromatic rings. The largest absolute Gasteiger partial charge is 0.357 e. The Morgan fingerprint density at radius 1 is 1.19 bits per heavy atom. The molecule has 0 atom stereocenters. The summed E-state index contributed by atoms with van der Waals surface area (Å²) in [5.41, 5.74) is 1.44. The maximum absolute atomic E-state index is 13.6. The monoisotopic (exact) mass is 472 g/mol. The Bertz CT molecular complexity index is 755. The van der Waals surface area contributed by atoms with Gasteiger partial charge in [0.25, 0.3) is 5.69 Å². The molecule has 0 spiro atoms. The lowest BCUT2D eigenvalue weighted by atomic mass is 10.1. The number of benzene rings is 2. The lowest BCUT2D eigenvalue weighted by Crippen LogP contribution is -2.38. The summed E-state index contributed by atoms with van der Waals surface area (Å²) >= 11 is 0. The molecule has 0 bridgehead atoms. The average molecular weight is 472 g/mol. The van der Waals surface area contributed by atoms with Crippen molar-refractivity contribution in [3.63, 3.8) is 0 Å². The Kier molecular flexibility index (Phi) is 9.56. The highest BCUT2D eigenvalue weighted by Gasteiger charge is 2.06. The predicted molar refractivity (Wildman–Crippen MR) is 111 cm³/mol. The van der Waals surface area contributed by atoms with Crippen molar-refractivity contribution in [3.05, 3.63) is 75.6 Å². The number of nitrogens with one attached hydrogen (secondary N) is 2. The fraction of sp³-hybridized carbons (Fsp3) is 0.278. The van der Waals surface area contributed by atoms with Gasteiger partial charge in [-0.25, -0.2) is 9.38 Å². The smallest absolute Gasteiger partial charge is 0.269 e. The van der Waals surface area contributed by atoms with Crippen LogP contribution < -0.4 is 10.6 Å². The fourth-order valence-corrected chi connectivity index (χ4v) is 2.30. The number of aliphatic imine (C=N–C) groups is 1. The van der Waals surface area contributed by atoms with Gasteiger partial charge in [-0.15, -0.1) is 24.0 Å². The van der Waals surface area contributed by atoms with Crippen LogP contribution in [0.5, 0.6) is 0 Å². The third-order valence-electron chi connectivity index (χ3n) is 3.53. The van der Waals surface area contributed by atoms with Gasteiger partial charge in [-0.05, 0) is 30.5 Å². The summed E-state index contributed by atoms with van der Waals surface area (Å²) < 4.78 is 13.6. The minimum absolute atomic E-state index is 0. The molecule has 0 saturated carbocycles. The van der Waals surface area contributed by atoms with Crippen LogP contribution in [-0.4, -0.2) is 24.0 Å². The second-order valence-corrected chi connectivity index (χ2v) is 5.39. The van der Waals surface area contributed by atoms with Crippen LogP contribution in [0.2, 0.25) is 0 Å². The van der Waals surface area contributed by atoms with E-state index in [-0.39, 0.29) is 35.5 Å². The predicted octanol–water partition coefficient (Wildman–Crippen LogP) is 3.65. The zero-order valence-corrected chi connectivity index (χ0v) is 16.8. The normalized spacial score (nSPS) is 10.8.